The Morgan fingerprint density at radius 3 is 2.71 bits per heavy atom. The summed E-state index contributed by atoms with van der Waals surface area (Å²) in [5, 5.41) is 5.69. The Balaban J connectivity index is 2.81. The van der Waals surface area contributed by atoms with Gasteiger partial charge in [-0.25, -0.2) is 23.5 Å². The highest BCUT2D eigenvalue weighted by atomic mass is 35.5. The number of fused-ring (bicyclic) bond motifs is 1. The maximum absolute atomic E-state index is 11.0. The molecule has 8 heteroatoms. The Morgan fingerprint density at radius 1 is 1.43 bits per heavy atom. The number of primary sulfonamides is 1. The van der Waals surface area contributed by atoms with Crippen molar-refractivity contribution in [2.45, 2.75) is 4.21 Å². The molecule has 2 aromatic heterocycles. The average molecular weight is 250 g/mol. The summed E-state index contributed by atoms with van der Waals surface area (Å²) in [4.78, 5) is 8.12. The number of halogens is 1. The van der Waals surface area contributed by atoms with Gasteiger partial charge in [0.15, 0.2) is 0 Å². The van der Waals surface area contributed by atoms with Gasteiger partial charge in [0.2, 0.25) is 10.0 Å². The first-order valence-corrected chi connectivity index (χ1v) is 6.15. The minimum absolute atomic E-state index is 0.0369. The Morgan fingerprint density at radius 2 is 2.14 bits per heavy atom. The zero-order valence-electron chi connectivity index (χ0n) is 6.64. The van der Waals surface area contributed by atoms with E-state index in [4.69, 9.17) is 16.7 Å². The van der Waals surface area contributed by atoms with Gasteiger partial charge in [-0.15, -0.1) is 11.3 Å². The topological polar surface area (TPSA) is 85.9 Å². The molecule has 74 valence electrons. The molecular formula is C6H4ClN3O2S2. The lowest BCUT2D eigenvalue weighted by Crippen LogP contribution is -2.09. The summed E-state index contributed by atoms with van der Waals surface area (Å²) in [5.74, 6) is 0. The maximum Gasteiger partial charge on any atom is 0.247 e. The van der Waals surface area contributed by atoms with Crippen LogP contribution in [0, 0.1) is 0 Å². The van der Waals surface area contributed by atoms with Crippen molar-refractivity contribution in [3.63, 3.8) is 0 Å². The Bertz CT molecular complexity index is 592. The van der Waals surface area contributed by atoms with Crippen LogP contribution in [-0.2, 0) is 10.0 Å². The summed E-state index contributed by atoms with van der Waals surface area (Å²) in [6.45, 7) is 0. The van der Waals surface area contributed by atoms with Crippen LogP contribution in [0.4, 0.5) is 0 Å². The molecule has 0 saturated carbocycles. The van der Waals surface area contributed by atoms with Crippen molar-refractivity contribution >= 4 is 43.2 Å². The van der Waals surface area contributed by atoms with Crippen LogP contribution < -0.4 is 5.14 Å². The van der Waals surface area contributed by atoms with E-state index in [0.717, 1.165) is 11.3 Å². The van der Waals surface area contributed by atoms with Crippen LogP contribution in [0.3, 0.4) is 0 Å². The number of nitrogens with zero attached hydrogens (tertiary/aromatic N) is 2. The lowest BCUT2D eigenvalue weighted by atomic mass is 10.4. The number of rotatable bonds is 1. The van der Waals surface area contributed by atoms with Gasteiger partial charge in [-0.1, -0.05) is 11.6 Å². The number of sulfonamides is 1. The number of aromatic nitrogens is 2. The molecular weight excluding hydrogens is 246 g/mol. The first kappa shape index (κ1) is 9.78. The second-order valence-corrected chi connectivity index (χ2v) is 5.67. The third-order valence-corrected chi connectivity index (χ3v) is 4.30. The van der Waals surface area contributed by atoms with Gasteiger partial charge in [0.25, 0.3) is 0 Å². The van der Waals surface area contributed by atoms with Crippen molar-refractivity contribution in [2.24, 2.45) is 5.14 Å². The lowest BCUT2D eigenvalue weighted by Gasteiger charge is -1.87. The molecule has 2 aromatic rings. The van der Waals surface area contributed by atoms with Crippen LogP contribution in [0.15, 0.2) is 16.6 Å². The quantitative estimate of drug-likeness (QED) is 0.764. The van der Waals surface area contributed by atoms with E-state index < -0.39 is 10.0 Å². The van der Waals surface area contributed by atoms with Crippen molar-refractivity contribution in [3.8, 4) is 0 Å². The molecule has 0 aromatic carbocycles. The normalized spacial score (nSPS) is 12.1. The van der Waals surface area contributed by atoms with E-state index in [-0.39, 0.29) is 9.36 Å². The van der Waals surface area contributed by atoms with Crippen LogP contribution >= 0.6 is 22.9 Å². The van der Waals surface area contributed by atoms with E-state index in [1.54, 1.807) is 0 Å². The minimum atomic E-state index is -3.69. The average Bonchev–Trinajstić information content (AvgIpc) is 2.48. The number of thiophene rings is 1. The Kier molecular flexibility index (Phi) is 2.18. The third-order valence-electron chi connectivity index (χ3n) is 1.54. The highest BCUT2D eigenvalue weighted by Gasteiger charge is 2.14. The van der Waals surface area contributed by atoms with Crippen LogP contribution in [-0.4, -0.2) is 18.4 Å². The molecule has 0 amide bonds. The summed E-state index contributed by atoms with van der Waals surface area (Å²) in [6, 6.07) is 1.37. The lowest BCUT2D eigenvalue weighted by molar-refractivity contribution is 0.600. The van der Waals surface area contributed by atoms with Crippen LogP contribution in [0.1, 0.15) is 0 Å². The fourth-order valence-corrected chi connectivity index (χ4v) is 2.90. The number of hydrogen-bond donors (Lipinski definition) is 1. The van der Waals surface area contributed by atoms with E-state index >= 15 is 0 Å². The molecule has 0 fully saturated rings. The van der Waals surface area contributed by atoms with Gasteiger partial charge in [0.05, 0.1) is 5.39 Å². The molecule has 0 bridgehead atoms. The van der Waals surface area contributed by atoms with E-state index in [1.165, 1.54) is 12.4 Å². The van der Waals surface area contributed by atoms with Crippen molar-refractivity contribution in [1.82, 2.24) is 9.97 Å². The smallest absolute Gasteiger partial charge is 0.225 e. The molecule has 0 aliphatic rings. The molecule has 0 saturated heterocycles. The second kappa shape index (κ2) is 3.13. The summed E-state index contributed by atoms with van der Waals surface area (Å²) in [5.41, 5.74) is 0. The maximum atomic E-state index is 11.0. The third kappa shape index (κ3) is 1.59. The first-order chi connectivity index (χ1) is 6.48. The van der Waals surface area contributed by atoms with Gasteiger partial charge >= 0.3 is 0 Å². The zero-order valence-corrected chi connectivity index (χ0v) is 9.03. The second-order valence-electron chi connectivity index (χ2n) is 2.49. The minimum Gasteiger partial charge on any atom is -0.225 e. The highest BCUT2D eigenvalue weighted by molar-refractivity contribution is 7.91. The fourth-order valence-electron chi connectivity index (χ4n) is 0.945. The Hall–Kier alpha value is -0.760. The predicted octanol–water partition coefficient (Wildman–Crippen LogP) is 0.992. The number of hydrogen-bond acceptors (Lipinski definition) is 5. The van der Waals surface area contributed by atoms with Gasteiger partial charge in [0.1, 0.15) is 20.5 Å². The molecule has 14 heavy (non-hydrogen) atoms. The van der Waals surface area contributed by atoms with Gasteiger partial charge < -0.3 is 0 Å². The van der Waals surface area contributed by atoms with E-state index in [1.807, 2.05) is 0 Å². The molecule has 2 heterocycles. The molecule has 0 aliphatic carbocycles. The summed E-state index contributed by atoms with van der Waals surface area (Å²) >= 11 is 6.71. The van der Waals surface area contributed by atoms with E-state index in [2.05, 4.69) is 9.97 Å². The van der Waals surface area contributed by atoms with Crippen molar-refractivity contribution in [1.29, 1.82) is 0 Å². The highest BCUT2D eigenvalue weighted by Crippen LogP contribution is 2.29. The SMILES string of the molecule is NS(=O)(=O)c1cc2c(Cl)ncnc2s1. The predicted molar refractivity (Wildman–Crippen MR) is 53.8 cm³/mol. The largest absolute Gasteiger partial charge is 0.247 e. The molecule has 0 atom stereocenters. The van der Waals surface area contributed by atoms with Gasteiger partial charge in [-0.3, -0.25) is 0 Å². The summed E-state index contributed by atoms with van der Waals surface area (Å²) in [6.07, 6.45) is 1.27. The molecule has 0 spiro atoms. The fraction of sp³-hybridized carbons (Fsp3) is 0. The molecule has 0 radical (unpaired) electrons. The zero-order chi connectivity index (χ0) is 10.3. The van der Waals surface area contributed by atoms with Crippen LogP contribution in [0.2, 0.25) is 5.15 Å². The molecule has 5 nitrogen and oxygen atoms in total. The van der Waals surface area contributed by atoms with Gasteiger partial charge in [0, 0.05) is 0 Å². The molecule has 0 aliphatic heterocycles. The molecule has 2 N–H and O–H groups in total. The molecule has 0 unspecified atom stereocenters. The Labute approximate surface area is 88.6 Å². The summed E-state index contributed by atoms with van der Waals surface area (Å²) < 4.78 is 22.1. The number of nitrogens with two attached hydrogens (primary N) is 1. The van der Waals surface area contributed by atoms with Gasteiger partial charge in [-0.05, 0) is 6.07 Å². The van der Waals surface area contributed by atoms with Crippen molar-refractivity contribution in [2.75, 3.05) is 0 Å². The van der Waals surface area contributed by atoms with E-state index in [0.29, 0.717) is 10.2 Å². The van der Waals surface area contributed by atoms with Crippen LogP contribution in [0.25, 0.3) is 10.2 Å². The van der Waals surface area contributed by atoms with Crippen molar-refractivity contribution < 1.29 is 8.42 Å². The standard InChI is InChI=1S/C6H4ClN3O2S2/c7-5-3-1-4(14(8,11)12)13-6(3)10-2-9-5/h1-2H,(H2,8,11,12). The molecule has 2 rings (SSSR count). The first-order valence-electron chi connectivity index (χ1n) is 3.41. The van der Waals surface area contributed by atoms with Crippen molar-refractivity contribution in [3.05, 3.63) is 17.5 Å². The monoisotopic (exact) mass is 249 g/mol. The van der Waals surface area contributed by atoms with Gasteiger partial charge in [-0.2, -0.15) is 0 Å². The van der Waals surface area contributed by atoms with E-state index in [9.17, 15) is 8.42 Å². The van der Waals surface area contributed by atoms with Crippen LogP contribution in [0.5, 0.6) is 0 Å². The summed E-state index contributed by atoms with van der Waals surface area (Å²) in [7, 11) is -3.69.